The maximum absolute atomic E-state index is 11.8. The second kappa shape index (κ2) is 6.01. The average Bonchev–Trinajstić information content (AvgIpc) is 2.80. The monoisotopic (exact) mass is 300 g/mol. The Morgan fingerprint density at radius 1 is 1.42 bits per heavy atom. The summed E-state index contributed by atoms with van der Waals surface area (Å²) in [6.07, 6.45) is 1.49. The lowest BCUT2D eigenvalue weighted by molar-refractivity contribution is -0.116. The molecule has 0 aliphatic heterocycles. The smallest absolute Gasteiger partial charge is 0.246 e. The molecule has 6 nitrogen and oxygen atoms in total. The molecule has 100 valence electrons. The normalized spacial score (nSPS) is 10.5. The first kappa shape index (κ1) is 13.8. The molecule has 1 aromatic heterocycles. The highest BCUT2D eigenvalue weighted by atomic mass is 35.5. The number of hydrogen-bond donors (Lipinski definition) is 2. The number of aliphatic hydroxyl groups excluding tert-OH is 1. The molecule has 1 amide bonds. The van der Waals surface area contributed by atoms with Crippen LogP contribution >= 0.6 is 23.2 Å². The first-order chi connectivity index (χ1) is 9.08. The van der Waals surface area contributed by atoms with Crippen LogP contribution in [0, 0.1) is 0 Å². The second-order valence-corrected chi connectivity index (χ2v) is 4.58. The van der Waals surface area contributed by atoms with Crippen molar-refractivity contribution in [3.63, 3.8) is 0 Å². The van der Waals surface area contributed by atoms with Gasteiger partial charge in [-0.25, -0.2) is 4.68 Å². The van der Waals surface area contributed by atoms with Gasteiger partial charge in [-0.05, 0) is 18.2 Å². The SMILES string of the molecule is O=C(Cn1cc(CO)nn1)Nc1ccc(Cl)cc1Cl. The number of carbonyl (C=O) groups excluding carboxylic acids is 1. The first-order valence-electron chi connectivity index (χ1n) is 5.33. The molecule has 1 heterocycles. The van der Waals surface area contributed by atoms with E-state index in [1.54, 1.807) is 12.1 Å². The van der Waals surface area contributed by atoms with E-state index in [-0.39, 0.29) is 19.1 Å². The Balaban J connectivity index is 2.01. The molecule has 2 N–H and O–H groups in total. The summed E-state index contributed by atoms with van der Waals surface area (Å²) in [5.41, 5.74) is 0.871. The van der Waals surface area contributed by atoms with Crippen LogP contribution in [0.2, 0.25) is 10.0 Å². The first-order valence-corrected chi connectivity index (χ1v) is 6.09. The Morgan fingerprint density at radius 2 is 2.21 bits per heavy atom. The minimum absolute atomic E-state index is 0.0219. The molecule has 0 bridgehead atoms. The highest BCUT2D eigenvalue weighted by molar-refractivity contribution is 6.36. The number of hydrogen-bond acceptors (Lipinski definition) is 4. The predicted octanol–water partition coefficient (Wildman–Crippen LogP) is 1.72. The van der Waals surface area contributed by atoms with Gasteiger partial charge in [-0.1, -0.05) is 28.4 Å². The van der Waals surface area contributed by atoms with Crippen LogP contribution in [0.25, 0.3) is 0 Å². The lowest BCUT2D eigenvalue weighted by Crippen LogP contribution is -2.19. The standard InChI is InChI=1S/C11H10Cl2N4O2/c12-7-1-2-10(9(13)3-7)14-11(19)5-17-4-8(6-18)15-16-17/h1-4,18H,5-6H2,(H,14,19). The van der Waals surface area contributed by atoms with Crippen molar-refractivity contribution < 1.29 is 9.90 Å². The molecule has 2 aromatic rings. The lowest BCUT2D eigenvalue weighted by atomic mass is 10.3. The fourth-order valence-electron chi connectivity index (χ4n) is 1.42. The number of carbonyl (C=O) groups is 1. The van der Waals surface area contributed by atoms with E-state index in [0.717, 1.165) is 0 Å². The minimum atomic E-state index is -0.307. The molecule has 0 fully saturated rings. The van der Waals surface area contributed by atoms with Gasteiger partial charge in [0, 0.05) is 5.02 Å². The van der Waals surface area contributed by atoms with Crippen molar-refractivity contribution in [2.24, 2.45) is 0 Å². The second-order valence-electron chi connectivity index (χ2n) is 3.74. The zero-order valence-corrected chi connectivity index (χ0v) is 11.2. The van der Waals surface area contributed by atoms with E-state index in [9.17, 15) is 4.79 Å². The molecule has 0 saturated carbocycles. The fraction of sp³-hybridized carbons (Fsp3) is 0.182. The Kier molecular flexibility index (Phi) is 4.36. The number of aliphatic hydroxyl groups is 1. The molecule has 0 atom stereocenters. The summed E-state index contributed by atoms with van der Waals surface area (Å²) in [6, 6.07) is 4.78. The van der Waals surface area contributed by atoms with Crippen LogP contribution in [0.3, 0.4) is 0 Å². The van der Waals surface area contributed by atoms with E-state index < -0.39 is 0 Å². The zero-order chi connectivity index (χ0) is 13.8. The van der Waals surface area contributed by atoms with Crippen LogP contribution in [-0.4, -0.2) is 26.0 Å². The van der Waals surface area contributed by atoms with Crippen LogP contribution in [0.4, 0.5) is 5.69 Å². The zero-order valence-electron chi connectivity index (χ0n) is 9.68. The van der Waals surface area contributed by atoms with Crippen molar-refractivity contribution in [2.75, 3.05) is 5.32 Å². The van der Waals surface area contributed by atoms with Crippen molar-refractivity contribution in [1.82, 2.24) is 15.0 Å². The third-order valence-electron chi connectivity index (χ3n) is 2.26. The maximum Gasteiger partial charge on any atom is 0.246 e. The van der Waals surface area contributed by atoms with Crippen LogP contribution in [0.5, 0.6) is 0 Å². The number of nitrogens with one attached hydrogen (secondary N) is 1. The third-order valence-corrected chi connectivity index (χ3v) is 2.81. The molecular weight excluding hydrogens is 291 g/mol. The van der Waals surface area contributed by atoms with Gasteiger partial charge < -0.3 is 10.4 Å². The maximum atomic E-state index is 11.8. The molecule has 0 spiro atoms. The van der Waals surface area contributed by atoms with Crippen LogP contribution in [-0.2, 0) is 17.9 Å². The summed E-state index contributed by atoms with van der Waals surface area (Å²) in [7, 11) is 0. The number of amides is 1. The molecular formula is C11H10Cl2N4O2. The van der Waals surface area contributed by atoms with E-state index in [1.807, 2.05) is 0 Å². The summed E-state index contributed by atoms with van der Waals surface area (Å²) in [6.45, 7) is -0.239. The average molecular weight is 301 g/mol. The molecule has 1 aromatic carbocycles. The van der Waals surface area contributed by atoms with Crippen molar-refractivity contribution in [1.29, 1.82) is 0 Å². The van der Waals surface area contributed by atoms with Gasteiger partial charge in [0.15, 0.2) is 0 Å². The summed E-state index contributed by atoms with van der Waals surface area (Å²) in [5, 5.41) is 19.7. The van der Waals surface area contributed by atoms with Gasteiger partial charge >= 0.3 is 0 Å². The third kappa shape index (κ3) is 3.66. The van der Waals surface area contributed by atoms with Crippen LogP contribution < -0.4 is 5.32 Å². The van der Waals surface area contributed by atoms with Gasteiger partial charge in [-0.3, -0.25) is 4.79 Å². The summed E-state index contributed by atoms with van der Waals surface area (Å²) >= 11 is 11.7. The molecule has 19 heavy (non-hydrogen) atoms. The molecule has 0 radical (unpaired) electrons. The van der Waals surface area contributed by atoms with E-state index in [2.05, 4.69) is 15.6 Å². The Morgan fingerprint density at radius 3 is 2.84 bits per heavy atom. The number of rotatable bonds is 4. The number of aromatic nitrogens is 3. The van der Waals surface area contributed by atoms with E-state index >= 15 is 0 Å². The molecule has 2 rings (SSSR count). The van der Waals surface area contributed by atoms with Gasteiger partial charge in [0.1, 0.15) is 12.2 Å². The van der Waals surface area contributed by atoms with Crippen LogP contribution in [0.15, 0.2) is 24.4 Å². The highest BCUT2D eigenvalue weighted by Crippen LogP contribution is 2.25. The Hall–Kier alpha value is -1.63. The van der Waals surface area contributed by atoms with Crippen molar-refractivity contribution in [3.8, 4) is 0 Å². The minimum Gasteiger partial charge on any atom is -0.390 e. The van der Waals surface area contributed by atoms with Gasteiger partial charge in [-0.15, -0.1) is 5.10 Å². The predicted molar refractivity (Wildman–Crippen MR) is 71.0 cm³/mol. The van der Waals surface area contributed by atoms with Crippen molar-refractivity contribution >= 4 is 34.8 Å². The number of benzene rings is 1. The van der Waals surface area contributed by atoms with E-state index in [0.29, 0.717) is 21.4 Å². The highest BCUT2D eigenvalue weighted by Gasteiger charge is 2.08. The fourth-order valence-corrected chi connectivity index (χ4v) is 1.87. The summed E-state index contributed by atoms with van der Waals surface area (Å²) in [4.78, 5) is 11.8. The van der Waals surface area contributed by atoms with Crippen molar-refractivity contribution in [2.45, 2.75) is 13.2 Å². The Labute approximate surface area is 118 Å². The number of anilines is 1. The lowest BCUT2D eigenvalue weighted by Gasteiger charge is -2.07. The van der Waals surface area contributed by atoms with Gasteiger partial charge in [0.25, 0.3) is 0 Å². The Bertz CT molecular complexity index is 600. The van der Waals surface area contributed by atoms with Gasteiger partial charge in [0.05, 0.1) is 23.5 Å². The topological polar surface area (TPSA) is 80.0 Å². The van der Waals surface area contributed by atoms with E-state index in [1.165, 1.54) is 16.9 Å². The molecule has 0 unspecified atom stereocenters. The van der Waals surface area contributed by atoms with Crippen LogP contribution in [0.1, 0.15) is 5.69 Å². The summed E-state index contributed by atoms with van der Waals surface area (Å²) in [5.74, 6) is -0.307. The quantitative estimate of drug-likeness (QED) is 0.901. The van der Waals surface area contributed by atoms with Crippen molar-refractivity contribution in [3.05, 3.63) is 40.1 Å². The molecule has 0 aliphatic rings. The summed E-state index contributed by atoms with van der Waals surface area (Å²) < 4.78 is 1.32. The molecule has 8 heteroatoms. The van der Waals surface area contributed by atoms with Gasteiger partial charge in [0.2, 0.25) is 5.91 Å². The largest absolute Gasteiger partial charge is 0.390 e. The number of halogens is 2. The van der Waals surface area contributed by atoms with E-state index in [4.69, 9.17) is 28.3 Å². The number of nitrogens with zero attached hydrogens (tertiary/aromatic N) is 3. The molecule has 0 saturated heterocycles. The molecule has 0 aliphatic carbocycles. The van der Waals surface area contributed by atoms with Gasteiger partial charge in [-0.2, -0.15) is 0 Å².